The highest BCUT2D eigenvalue weighted by atomic mass is 19.2. The number of esters is 1. The second-order valence-electron chi connectivity index (χ2n) is 6.50. The maximum Gasteiger partial charge on any atom is 0.349 e. The van der Waals surface area contributed by atoms with Gasteiger partial charge in [-0.3, -0.25) is 4.79 Å². The molecule has 0 atom stereocenters. The number of ether oxygens (including phenoxy) is 1. The first kappa shape index (κ1) is 22.7. The first-order chi connectivity index (χ1) is 14.2. The van der Waals surface area contributed by atoms with Crippen molar-refractivity contribution in [2.45, 2.75) is 33.7 Å². The van der Waals surface area contributed by atoms with Crippen LogP contribution in [0.1, 0.15) is 30.3 Å². The molecule has 2 aromatic rings. The molecule has 1 aromatic heterocycles. The zero-order valence-corrected chi connectivity index (χ0v) is 16.7. The van der Waals surface area contributed by atoms with Crippen molar-refractivity contribution in [2.24, 2.45) is 0 Å². The lowest BCUT2D eigenvalue weighted by molar-refractivity contribution is -0.142. The molecule has 0 aliphatic heterocycles. The normalized spacial score (nSPS) is 11.2. The van der Waals surface area contributed by atoms with Crippen LogP contribution < -0.4 is 5.32 Å². The molecule has 1 amide bonds. The summed E-state index contributed by atoms with van der Waals surface area (Å²) in [4.78, 5) is 24.0. The Bertz CT molecular complexity index is 1050. The Kier molecular flexibility index (Phi) is 7.42. The molecule has 2 rings (SSSR count). The second-order valence-corrected chi connectivity index (χ2v) is 6.50. The maximum atomic E-state index is 13.6. The van der Waals surface area contributed by atoms with E-state index in [1.165, 1.54) is 6.08 Å². The summed E-state index contributed by atoms with van der Waals surface area (Å²) in [5.41, 5.74) is 1.59. The van der Waals surface area contributed by atoms with Gasteiger partial charge < -0.3 is 14.6 Å². The smallest absolute Gasteiger partial charge is 0.349 e. The van der Waals surface area contributed by atoms with Crippen LogP contribution in [-0.4, -0.2) is 23.1 Å². The third-order valence-corrected chi connectivity index (χ3v) is 4.34. The van der Waals surface area contributed by atoms with Crippen molar-refractivity contribution in [3.8, 4) is 6.07 Å². The number of hydrogen-bond acceptors (Lipinski definition) is 4. The fourth-order valence-corrected chi connectivity index (χ4v) is 2.85. The van der Waals surface area contributed by atoms with Crippen LogP contribution in [0.5, 0.6) is 0 Å². The third kappa shape index (κ3) is 5.08. The molecule has 30 heavy (non-hydrogen) atoms. The fraction of sp³-hybridized carbons (Fsp3) is 0.286. The predicted octanol–water partition coefficient (Wildman–Crippen LogP) is 4.02. The molecular weight excluding hydrogens is 399 g/mol. The maximum absolute atomic E-state index is 13.6. The van der Waals surface area contributed by atoms with Crippen LogP contribution in [0.15, 0.2) is 23.8 Å². The topological polar surface area (TPSA) is 84.1 Å². The van der Waals surface area contributed by atoms with Crippen molar-refractivity contribution in [3.63, 3.8) is 0 Å². The number of anilines is 1. The van der Waals surface area contributed by atoms with Crippen LogP contribution in [0, 0.1) is 42.6 Å². The lowest BCUT2D eigenvalue weighted by Crippen LogP contribution is -2.22. The second kappa shape index (κ2) is 9.78. The molecule has 1 aromatic carbocycles. The predicted molar refractivity (Wildman–Crippen MR) is 104 cm³/mol. The zero-order chi connectivity index (χ0) is 22.4. The molecule has 0 spiro atoms. The molecule has 0 fully saturated rings. The van der Waals surface area contributed by atoms with Crippen LogP contribution in [0.4, 0.5) is 18.9 Å². The van der Waals surface area contributed by atoms with Gasteiger partial charge in [0.15, 0.2) is 24.1 Å². The summed E-state index contributed by atoms with van der Waals surface area (Å²) in [6.45, 7) is 5.75. The van der Waals surface area contributed by atoms with Crippen LogP contribution in [-0.2, 0) is 20.9 Å². The van der Waals surface area contributed by atoms with Gasteiger partial charge in [0.1, 0.15) is 11.6 Å². The van der Waals surface area contributed by atoms with E-state index >= 15 is 0 Å². The first-order valence-corrected chi connectivity index (χ1v) is 9.08. The number of rotatable bonds is 7. The Morgan fingerprint density at radius 1 is 1.23 bits per heavy atom. The number of aromatic nitrogens is 1. The van der Waals surface area contributed by atoms with E-state index in [2.05, 4.69) is 4.57 Å². The van der Waals surface area contributed by atoms with E-state index < -0.39 is 41.6 Å². The summed E-state index contributed by atoms with van der Waals surface area (Å²) in [6.07, 6.45) is 2.28. The van der Waals surface area contributed by atoms with Crippen molar-refractivity contribution in [3.05, 3.63) is 58.2 Å². The first-order valence-electron chi connectivity index (χ1n) is 9.08. The molecule has 1 N–H and O–H groups in total. The van der Waals surface area contributed by atoms with Gasteiger partial charge >= 0.3 is 5.97 Å². The van der Waals surface area contributed by atoms with Crippen molar-refractivity contribution >= 4 is 23.6 Å². The van der Waals surface area contributed by atoms with Gasteiger partial charge in [-0.15, -0.1) is 0 Å². The molecule has 0 radical (unpaired) electrons. The van der Waals surface area contributed by atoms with E-state index in [1.54, 1.807) is 6.07 Å². The Morgan fingerprint density at radius 2 is 1.93 bits per heavy atom. The van der Waals surface area contributed by atoms with Gasteiger partial charge in [-0.25, -0.2) is 18.0 Å². The summed E-state index contributed by atoms with van der Waals surface area (Å²) in [5, 5.41) is 11.2. The van der Waals surface area contributed by atoms with Crippen LogP contribution in [0.3, 0.4) is 0 Å². The van der Waals surface area contributed by atoms with E-state index in [1.807, 2.05) is 32.2 Å². The standard InChI is InChI=1S/C21H20F3N3O3/c1-4-7-27-12(2)8-14(13(27)3)9-15(10-25)21(29)30-11-18(28)26-17-6-5-16(22)19(23)20(17)24/h5-6,8-9H,4,7,11H2,1-3H3,(H,26,28). The van der Waals surface area contributed by atoms with Crippen molar-refractivity contribution in [1.82, 2.24) is 4.57 Å². The van der Waals surface area contributed by atoms with Crippen molar-refractivity contribution < 1.29 is 27.5 Å². The van der Waals surface area contributed by atoms with Gasteiger partial charge in [-0.05, 0) is 50.1 Å². The Morgan fingerprint density at radius 3 is 2.57 bits per heavy atom. The molecule has 6 nitrogen and oxygen atoms in total. The van der Waals surface area contributed by atoms with E-state index in [0.29, 0.717) is 11.6 Å². The lowest BCUT2D eigenvalue weighted by atomic mass is 10.1. The number of carbonyl (C=O) groups is 2. The van der Waals surface area contributed by atoms with Gasteiger partial charge in [0.2, 0.25) is 0 Å². The molecular formula is C21H20F3N3O3. The highest BCUT2D eigenvalue weighted by Gasteiger charge is 2.18. The third-order valence-electron chi connectivity index (χ3n) is 4.34. The van der Waals surface area contributed by atoms with Crippen LogP contribution in [0.25, 0.3) is 6.08 Å². The largest absolute Gasteiger partial charge is 0.451 e. The molecule has 9 heteroatoms. The summed E-state index contributed by atoms with van der Waals surface area (Å²) < 4.78 is 46.5. The number of benzene rings is 1. The molecule has 0 saturated carbocycles. The number of nitrogens with one attached hydrogen (secondary N) is 1. The average molecular weight is 419 g/mol. The Balaban J connectivity index is 2.07. The SMILES string of the molecule is CCCn1c(C)cc(C=C(C#N)C(=O)OCC(=O)Nc2ccc(F)c(F)c2F)c1C. The van der Waals surface area contributed by atoms with Crippen LogP contribution in [0.2, 0.25) is 0 Å². The monoisotopic (exact) mass is 419 g/mol. The highest BCUT2D eigenvalue weighted by Crippen LogP contribution is 2.20. The van der Waals surface area contributed by atoms with Gasteiger partial charge in [0.25, 0.3) is 5.91 Å². The molecule has 0 unspecified atom stereocenters. The number of nitriles is 1. The molecule has 0 saturated heterocycles. The molecule has 0 bridgehead atoms. The molecule has 0 aliphatic rings. The van der Waals surface area contributed by atoms with E-state index in [0.717, 1.165) is 30.4 Å². The van der Waals surface area contributed by atoms with Crippen molar-refractivity contribution in [1.29, 1.82) is 5.26 Å². The molecule has 0 aliphatic carbocycles. The van der Waals surface area contributed by atoms with E-state index in [9.17, 15) is 28.0 Å². The molecule has 158 valence electrons. The minimum Gasteiger partial charge on any atom is -0.451 e. The summed E-state index contributed by atoms with van der Waals surface area (Å²) in [6, 6.07) is 5.03. The summed E-state index contributed by atoms with van der Waals surface area (Å²) in [7, 11) is 0. The number of carbonyl (C=O) groups excluding carboxylic acids is 2. The van der Waals surface area contributed by atoms with Gasteiger partial charge in [0, 0.05) is 17.9 Å². The van der Waals surface area contributed by atoms with E-state index in [-0.39, 0.29) is 5.57 Å². The quantitative estimate of drug-likeness (QED) is 0.318. The van der Waals surface area contributed by atoms with Gasteiger partial charge in [-0.1, -0.05) is 6.92 Å². The van der Waals surface area contributed by atoms with Crippen molar-refractivity contribution in [2.75, 3.05) is 11.9 Å². The Hall–Kier alpha value is -3.54. The van der Waals surface area contributed by atoms with Crippen LogP contribution >= 0.6 is 0 Å². The molecule has 1 heterocycles. The highest BCUT2D eigenvalue weighted by molar-refractivity contribution is 6.00. The zero-order valence-electron chi connectivity index (χ0n) is 16.7. The lowest BCUT2D eigenvalue weighted by Gasteiger charge is -2.08. The van der Waals surface area contributed by atoms with Gasteiger partial charge in [0.05, 0.1) is 5.69 Å². The summed E-state index contributed by atoms with van der Waals surface area (Å²) in [5.74, 6) is -6.74. The average Bonchev–Trinajstić information content (AvgIpc) is 2.98. The number of aryl methyl sites for hydroxylation is 1. The number of amides is 1. The minimum atomic E-state index is -1.74. The van der Waals surface area contributed by atoms with Gasteiger partial charge in [-0.2, -0.15) is 5.26 Å². The minimum absolute atomic E-state index is 0.321. The Labute approximate surface area is 171 Å². The number of halogens is 3. The van der Waals surface area contributed by atoms with E-state index in [4.69, 9.17) is 4.74 Å². The summed E-state index contributed by atoms with van der Waals surface area (Å²) >= 11 is 0. The number of hydrogen-bond donors (Lipinski definition) is 1. The fourth-order valence-electron chi connectivity index (χ4n) is 2.85. The number of nitrogens with zero attached hydrogens (tertiary/aromatic N) is 2.